The van der Waals surface area contributed by atoms with E-state index in [1.165, 1.54) is 10.5 Å². The molecule has 168 valence electrons. The molecule has 1 aliphatic heterocycles. The lowest BCUT2D eigenvalue weighted by molar-refractivity contribution is -0.140. The Morgan fingerprint density at radius 1 is 1.13 bits per heavy atom. The van der Waals surface area contributed by atoms with Gasteiger partial charge in [-0.1, -0.05) is 29.8 Å². The standard InChI is InChI=1S/C23H30N4O3.HI/c1-14-4-8-18(9-5-14)30-15(2)13-26-23(24-3)25-10-11-27-21(28)19-16-6-7-17(12-16)20(19)22(27)29;/h4-9,15-17,19-20H,10-13H2,1-3H3,(H2,24,25,26);1H. The van der Waals surface area contributed by atoms with Crippen LogP contribution in [0.4, 0.5) is 0 Å². The summed E-state index contributed by atoms with van der Waals surface area (Å²) in [6.45, 7) is 5.44. The van der Waals surface area contributed by atoms with Gasteiger partial charge in [-0.05, 0) is 44.2 Å². The third-order valence-corrected chi connectivity index (χ3v) is 6.33. The first-order chi connectivity index (χ1) is 14.5. The Hall–Kier alpha value is -2.10. The number of amides is 2. The van der Waals surface area contributed by atoms with Crippen molar-refractivity contribution in [2.75, 3.05) is 26.7 Å². The van der Waals surface area contributed by atoms with Crippen LogP contribution in [-0.4, -0.2) is 55.5 Å². The lowest BCUT2D eigenvalue weighted by Gasteiger charge is -2.20. The number of halogens is 1. The summed E-state index contributed by atoms with van der Waals surface area (Å²) >= 11 is 0. The number of carbonyl (C=O) groups is 2. The maximum atomic E-state index is 12.7. The molecule has 1 aromatic carbocycles. The van der Waals surface area contributed by atoms with Gasteiger partial charge in [0.1, 0.15) is 11.9 Å². The smallest absolute Gasteiger partial charge is 0.233 e. The van der Waals surface area contributed by atoms with Crippen LogP contribution < -0.4 is 15.4 Å². The molecule has 1 saturated carbocycles. The predicted octanol–water partition coefficient (Wildman–Crippen LogP) is 2.35. The molecule has 2 aliphatic carbocycles. The van der Waals surface area contributed by atoms with Gasteiger partial charge >= 0.3 is 0 Å². The van der Waals surface area contributed by atoms with E-state index in [9.17, 15) is 9.59 Å². The molecular formula is C23H31IN4O3. The number of fused-ring (bicyclic) bond motifs is 5. The van der Waals surface area contributed by atoms with Crippen molar-refractivity contribution in [3.8, 4) is 5.75 Å². The van der Waals surface area contributed by atoms with E-state index in [0.717, 1.165) is 12.2 Å². The second-order valence-corrected chi connectivity index (χ2v) is 8.45. The van der Waals surface area contributed by atoms with Crippen LogP contribution in [0.3, 0.4) is 0 Å². The van der Waals surface area contributed by atoms with Crippen molar-refractivity contribution < 1.29 is 14.3 Å². The highest BCUT2D eigenvalue weighted by molar-refractivity contribution is 14.0. The number of hydrogen-bond acceptors (Lipinski definition) is 4. The Labute approximate surface area is 200 Å². The highest BCUT2D eigenvalue weighted by Gasteiger charge is 2.58. The van der Waals surface area contributed by atoms with Crippen molar-refractivity contribution in [1.29, 1.82) is 0 Å². The molecular weight excluding hydrogens is 507 g/mol. The van der Waals surface area contributed by atoms with Gasteiger partial charge in [0.05, 0.1) is 18.4 Å². The number of carbonyl (C=O) groups excluding carboxylic acids is 2. The summed E-state index contributed by atoms with van der Waals surface area (Å²) in [5.74, 6) is 1.67. The van der Waals surface area contributed by atoms with Crippen molar-refractivity contribution >= 4 is 41.8 Å². The maximum Gasteiger partial charge on any atom is 0.233 e. The Morgan fingerprint density at radius 3 is 2.32 bits per heavy atom. The lowest BCUT2D eigenvalue weighted by Crippen LogP contribution is -2.45. The summed E-state index contributed by atoms with van der Waals surface area (Å²) in [7, 11) is 1.70. The topological polar surface area (TPSA) is 83.0 Å². The number of ether oxygens (including phenoxy) is 1. The average molecular weight is 538 g/mol. The fraction of sp³-hybridized carbons (Fsp3) is 0.522. The minimum atomic E-state index is -0.135. The van der Waals surface area contributed by atoms with Gasteiger partial charge in [0.25, 0.3) is 0 Å². The normalized spacial score (nSPS) is 27.2. The Bertz CT molecular complexity index is 840. The van der Waals surface area contributed by atoms with Crippen LogP contribution in [0.1, 0.15) is 18.9 Å². The molecule has 1 saturated heterocycles. The number of aryl methyl sites for hydroxylation is 1. The molecule has 31 heavy (non-hydrogen) atoms. The first-order valence-electron chi connectivity index (χ1n) is 10.7. The molecule has 0 radical (unpaired) electrons. The molecule has 5 unspecified atom stereocenters. The van der Waals surface area contributed by atoms with Gasteiger partial charge in [0, 0.05) is 20.1 Å². The van der Waals surface area contributed by atoms with Crippen molar-refractivity contribution in [3.05, 3.63) is 42.0 Å². The lowest BCUT2D eigenvalue weighted by atomic mass is 9.85. The Balaban J connectivity index is 0.00000272. The third-order valence-electron chi connectivity index (χ3n) is 6.33. The number of nitrogens with zero attached hydrogens (tertiary/aromatic N) is 2. The molecule has 1 aromatic rings. The van der Waals surface area contributed by atoms with E-state index in [1.54, 1.807) is 7.05 Å². The highest BCUT2D eigenvalue weighted by Crippen LogP contribution is 2.52. The second kappa shape index (κ2) is 10.0. The van der Waals surface area contributed by atoms with E-state index in [0.29, 0.717) is 25.6 Å². The quantitative estimate of drug-likeness (QED) is 0.183. The molecule has 0 spiro atoms. The fourth-order valence-electron chi connectivity index (χ4n) is 4.82. The zero-order valence-electron chi connectivity index (χ0n) is 18.2. The number of benzene rings is 1. The molecule has 7 nitrogen and oxygen atoms in total. The van der Waals surface area contributed by atoms with Gasteiger partial charge in [0.2, 0.25) is 11.8 Å². The molecule has 5 atom stereocenters. The largest absolute Gasteiger partial charge is 0.489 e. The maximum absolute atomic E-state index is 12.7. The van der Waals surface area contributed by atoms with Gasteiger partial charge < -0.3 is 15.4 Å². The number of aliphatic imine (C=N–C) groups is 1. The van der Waals surface area contributed by atoms with Crippen LogP contribution in [0.15, 0.2) is 41.4 Å². The Kier molecular flexibility index (Phi) is 7.61. The van der Waals surface area contributed by atoms with Crippen LogP contribution in [0.25, 0.3) is 0 Å². The highest BCUT2D eigenvalue weighted by atomic mass is 127. The van der Waals surface area contributed by atoms with Crippen molar-refractivity contribution in [3.63, 3.8) is 0 Å². The number of likely N-dealkylation sites (tertiary alicyclic amines) is 1. The predicted molar refractivity (Wildman–Crippen MR) is 130 cm³/mol. The second-order valence-electron chi connectivity index (χ2n) is 8.45. The first-order valence-corrected chi connectivity index (χ1v) is 10.7. The number of hydrogen-bond donors (Lipinski definition) is 2. The van der Waals surface area contributed by atoms with Gasteiger partial charge in [-0.3, -0.25) is 19.5 Å². The van der Waals surface area contributed by atoms with E-state index >= 15 is 0 Å². The molecule has 2 amide bonds. The molecule has 1 heterocycles. The fourth-order valence-corrected chi connectivity index (χ4v) is 4.82. The summed E-state index contributed by atoms with van der Waals surface area (Å²) in [5, 5.41) is 6.42. The van der Waals surface area contributed by atoms with Crippen LogP contribution in [0.2, 0.25) is 0 Å². The monoisotopic (exact) mass is 538 g/mol. The molecule has 2 fully saturated rings. The van der Waals surface area contributed by atoms with E-state index in [-0.39, 0.29) is 65.6 Å². The summed E-state index contributed by atoms with van der Waals surface area (Å²) < 4.78 is 5.90. The van der Waals surface area contributed by atoms with Crippen LogP contribution >= 0.6 is 24.0 Å². The minimum Gasteiger partial charge on any atom is -0.489 e. The van der Waals surface area contributed by atoms with Crippen molar-refractivity contribution in [1.82, 2.24) is 15.5 Å². The molecule has 0 aromatic heterocycles. The molecule has 4 rings (SSSR count). The number of allylic oxidation sites excluding steroid dienone is 2. The van der Waals surface area contributed by atoms with Crippen LogP contribution in [-0.2, 0) is 9.59 Å². The van der Waals surface area contributed by atoms with Crippen LogP contribution in [0, 0.1) is 30.6 Å². The Morgan fingerprint density at radius 2 is 1.74 bits per heavy atom. The number of guanidine groups is 1. The van der Waals surface area contributed by atoms with Gasteiger partial charge in [-0.15, -0.1) is 24.0 Å². The van der Waals surface area contributed by atoms with E-state index in [2.05, 4.69) is 27.8 Å². The molecule has 2 bridgehead atoms. The van der Waals surface area contributed by atoms with Crippen molar-refractivity contribution in [2.24, 2.45) is 28.7 Å². The summed E-state index contributed by atoms with van der Waals surface area (Å²) in [5.41, 5.74) is 1.19. The zero-order chi connectivity index (χ0) is 21.3. The molecule has 8 heteroatoms. The minimum absolute atomic E-state index is 0. The summed E-state index contributed by atoms with van der Waals surface area (Å²) in [6.07, 6.45) is 5.14. The number of imide groups is 1. The zero-order valence-corrected chi connectivity index (χ0v) is 20.5. The van der Waals surface area contributed by atoms with Gasteiger partial charge in [-0.25, -0.2) is 0 Å². The molecule has 3 aliphatic rings. The number of nitrogens with one attached hydrogen (secondary N) is 2. The number of rotatable bonds is 7. The third kappa shape index (κ3) is 4.88. The van der Waals surface area contributed by atoms with Gasteiger partial charge in [-0.2, -0.15) is 0 Å². The SMILES string of the molecule is CN=C(NCCN1C(=O)C2C3C=CC(C3)C2C1=O)NCC(C)Oc1ccc(C)cc1.I. The van der Waals surface area contributed by atoms with E-state index in [1.807, 2.05) is 38.1 Å². The van der Waals surface area contributed by atoms with E-state index in [4.69, 9.17) is 4.74 Å². The van der Waals surface area contributed by atoms with Crippen LogP contribution in [0.5, 0.6) is 5.75 Å². The summed E-state index contributed by atoms with van der Waals surface area (Å²) in [4.78, 5) is 31.1. The molecule has 2 N–H and O–H groups in total. The van der Waals surface area contributed by atoms with E-state index < -0.39 is 0 Å². The summed E-state index contributed by atoms with van der Waals surface area (Å²) in [6, 6.07) is 7.96. The van der Waals surface area contributed by atoms with Crippen molar-refractivity contribution in [2.45, 2.75) is 26.4 Å². The first kappa shape index (κ1) is 23.6. The average Bonchev–Trinajstić information content (AvgIpc) is 3.41. The van der Waals surface area contributed by atoms with Gasteiger partial charge in [0.15, 0.2) is 5.96 Å².